The molecule has 0 bridgehead atoms. The number of nitrogen functional groups attached to an aromatic ring is 1. The molecule has 112 valence electrons. The second-order valence-corrected chi connectivity index (χ2v) is 5.31. The van der Waals surface area contributed by atoms with E-state index >= 15 is 0 Å². The molecule has 23 heavy (non-hydrogen) atoms. The number of pyridine rings is 1. The number of benzene rings is 1. The van der Waals surface area contributed by atoms with Gasteiger partial charge in [0.25, 0.3) is 0 Å². The van der Waals surface area contributed by atoms with Gasteiger partial charge in [0.05, 0.1) is 23.1 Å². The van der Waals surface area contributed by atoms with E-state index in [1.165, 1.54) is 0 Å². The third-order valence-corrected chi connectivity index (χ3v) is 3.76. The van der Waals surface area contributed by atoms with Crippen molar-refractivity contribution < 1.29 is 5.11 Å². The van der Waals surface area contributed by atoms with Crippen LogP contribution in [-0.2, 0) is 0 Å². The van der Waals surface area contributed by atoms with Crippen molar-refractivity contribution in [1.82, 2.24) is 14.4 Å². The molecule has 0 aliphatic heterocycles. The summed E-state index contributed by atoms with van der Waals surface area (Å²) < 4.78 is 2.05. The fourth-order valence-corrected chi connectivity index (χ4v) is 2.61. The van der Waals surface area contributed by atoms with Gasteiger partial charge in [0.1, 0.15) is 11.6 Å². The number of fused-ring (bicyclic) bond motifs is 1. The average molecular weight is 302 g/mol. The van der Waals surface area contributed by atoms with Crippen molar-refractivity contribution in [2.24, 2.45) is 0 Å². The summed E-state index contributed by atoms with van der Waals surface area (Å²) in [5, 5.41) is 9.70. The highest BCUT2D eigenvalue weighted by molar-refractivity contribution is 5.70. The lowest BCUT2D eigenvalue weighted by Gasteiger charge is -2.07. The van der Waals surface area contributed by atoms with Crippen LogP contribution >= 0.6 is 0 Å². The molecular weight excluding hydrogens is 288 g/mol. The highest BCUT2D eigenvalue weighted by Gasteiger charge is 2.08. The molecule has 0 aliphatic carbocycles. The summed E-state index contributed by atoms with van der Waals surface area (Å²) in [6.45, 7) is 0. The van der Waals surface area contributed by atoms with Crippen LogP contribution in [0.4, 0.5) is 5.82 Å². The Morgan fingerprint density at radius 1 is 0.913 bits per heavy atom. The number of phenols is 1. The van der Waals surface area contributed by atoms with Crippen molar-refractivity contribution in [3.05, 3.63) is 67.1 Å². The lowest BCUT2D eigenvalue weighted by atomic mass is 10.1. The van der Waals surface area contributed by atoms with Crippen LogP contribution in [0.25, 0.3) is 28.0 Å². The second kappa shape index (κ2) is 5.14. The number of aromatic hydroxyl groups is 1. The summed E-state index contributed by atoms with van der Waals surface area (Å²) >= 11 is 0. The molecule has 0 fully saturated rings. The molecule has 4 rings (SSSR count). The summed E-state index contributed by atoms with van der Waals surface area (Å²) in [5.74, 6) is 0.728. The average Bonchev–Trinajstić information content (AvgIpc) is 2.98. The zero-order valence-corrected chi connectivity index (χ0v) is 12.2. The number of nitrogens with zero attached hydrogens (tertiary/aromatic N) is 3. The summed E-state index contributed by atoms with van der Waals surface area (Å²) in [4.78, 5) is 8.59. The molecule has 0 radical (unpaired) electrons. The van der Waals surface area contributed by atoms with Gasteiger partial charge in [0.2, 0.25) is 0 Å². The predicted molar refractivity (Wildman–Crippen MR) is 89.9 cm³/mol. The number of nitrogens with two attached hydrogens (primary N) is 1. The zero-order valence-electron chi connectivity index (χ0n) is 12.2. The van der Waals surface area contributed by atoms with Gasteiger partial charge in [0, 0.05) is 23.5 Å². The minimum absolute atomic E-state index is 0.245. The minimum atomic E-state index is 0.245. The third kappa shape index (κ3) is 2.38. The molecule has 0 atom stereocenters. The second-order valence-electron chi connectivity index (χ2n) is 5.31. The first-order valence-electron chi connectivity index (χ1n) is 7.19. The maximum atomic E-state index is 9.70. The number of hydrogen-bond donors (Lipinski definition) is 2. The molecular formula is C18H14N4O. The first-order valence-corrected chi connectivity index (χ1v) is 7.19. The first-order chi connectivity index (χ1) is 11.2. The molecule has 4 aromatic rings. The zero-order chi connectivity index (χ0) is 15.8. The topological polar surface area (TPSA) is 76.4 Å². The van der Waals surface area contributed by atoms with Crippen molar-refractivity contribution in [3.8, 4) is 28.3 Å². The van der Waals surface area contributed by atoms with Crippen LogP contribution in [-0.4, -0.2) is 19.5 Å². The molecule has 0 aliphatic rings. The standard InChI is InChI=1S/C18H14N4O/c19-18-7-4-13(9-21-18)16-11-22-14(10-20-16)5-6-17(22)12-2-1-3-15(23)8-12/h1-11,23H,(H2,19,21). The van der Waals surface area contributed by atoms with Crippen LogP contribution in [0.2, 0.25) is 0 Å². The molecule has 1 aromatic carbocycles. The summed E-state index contributed by atoms with van der Waals surface area (Å²) in [6.07, 6.45) is 5.49. The van der Waals surface area contributed by atoms with Gasteiger partial charge in [0.15, 0.2) is 0 Å². The van der Waals surface area contributed by atoms with Crippen LogP contribution in [0.15, 0.2) is 67.1 Å². The lowest BCUT2D eigenvalue weighted by molar-refractivity contribution is 0.475. The Morgan fingerprint density at radius 3 is 2.61 bits per heavy atom. The van der Waals surface area contributed by atoms with E-state index in [4.69, 9.17) is 5.73 Å². The maximum absolute atomic E-state index is 9.70. The molecule has 3 heterocycles. The molecule has 5 nitrogen and oxygen atoms in total. The van der Waals surface area contributed by atoms with E-state index in [9.17, 15) is 5.11 Å². The SMILES string of the molecule is Nc1ccc(-c2cn3c(-c4cccc(O)c4)ccc3cn2)cn1. The highest BCUT2D eigenvalue weighted by atomic mass is 16.3. The van der Waals surface area contributed by atoms with Gasteiger partial charge in [-0.25, -0.2) is 4.98 Å². The molecule has 0 spiro atoms. The first kappa shape index (κ1) is 13.3. The fraction of sp³-hybridized carbons (Fsp3) is 0. The molecule has 3 aromatic heterocycles. The molecule has 0 saturated heterocycles. The van der Waals surface area contributed by atoms with Crippen molar-refractivity contribution in [2.75, 3.05) is 5.73 Å². The molecule has 0 unspecified atom stereocenters. The molecule has 5 heteroatoms. The predicted octanol–water partition coefficient (Wildman–Crippen LogP) is 3.35. The Balaban J connectivity index is 1.88. The van der Waals surface area contributed by atoms with E-state index in [2.05, 4.69) is 9.97 Å². The van der Waals surface area contributed by atoms with E-state index in [1.807, 2.05) is 47.1 Å². The Hall–Kier alpha value is -3.34. The summed E-state index contributed by atoms with van der Waals surface area (Å²) in [5.41, 5.74) is 10.3. The smallest absolute Gasteiger partial charge is 0.123 e. The van der Waals surface area contributed by atoms with Gasteiger partial charge >= 0.3 is 0 Å². The Labute approximate surface area is 132 Å². The van der Waals surface area contributed by atoms with Crippen LogP contribution in [0.3, 0.4) is 0 Å². The van der Waals surface area contributed by atoms with E-state index in [0.717, 1.165) is 28.0 Å². The minimum Gasteiger partial charge on any atom is -0.508 e. The molecule has 0 saturated carbocycles. The van der Waals surface area contributed by atoms with Gasteiger partial charge in [-0.3, -0.25) is 4.98 Å². The summed E-state index contributed by atoms with van der Waals surface area (Å²) in [7, 11) is 0. The van der Waals surface area contributed by atoms with Crippen LogP contribution < -0.4 is 5.73 Å². The number of hydrogen-bond acceptors (Lipinski definition) is 4. The Bertz CT molecular complexity index is 990. The van der Waals surface area contributed by atoms with E-state index in [-0.39, 0.29) is 5.75 Å². The Kier molecular flexibility index (Phi) is 2.98. The third-order valence-electron chi connectivity index (χ3n) is 3.76. The number of aromatic nitrogens is 3. The van der Waals surface area contributed by atoms with Gasteiger partial charge in [-0.05, 0) is 36.4 Å². The number of phenolic OH excluding ortho intramolecular Hbond substituents is 1. The maximum Gasteiger partial charge on any atom is 0.123 e. The largest absolute Gasteiger partial charge is 0.508 e. The van der Waals surface area contributed by atoms with Crippen LogP contribution in [0.5, 0.6) is 5.75 Å². The Morgan fingerprint density at radius 2 is 1.83 bits per heavy atom. The van der Waals surface area contributed by atoms with Gasteiger partial charge in [-0.2, -0.15) is 0 Å². The van der Waals surface area contributed by atoms with Crippen LogP contribution in [0, 0.1) is 0 Å². The normalized spacial score (nSPS) is 11.0. The quantitative estimate of drug-likeness (QED) is 0.595. The van der Waals surface area contributed by atoms with Crippen molar-refractivity contribution in [1.29, 1.82) is 0 Å². The molecule has 0 amide bonds. The van der Waals surface area contributed by atoms with Crippen molar-refractivity contribution >= 4 is 11.3 Å². The fourth-order valence-electron chi connectivity index (χ4n) is 2.61. The number of rotatable bonds is 2. The lowest BCUT2D eigenvalue weighted by Crippen LogP contribution is -1.94. The van der Waals surface area contributed by atoms with Crippen molar-refractivity contribution in [3.63, 3.8) is 0 Å². The van der Waals surface area contributed by atoms with E-state index in [1.54, 1.807) is 24.4 Å². The van der Waals surface area contributed by atoms with Gasteiger partial charge in [-0.15, -0.1) is 0 Å². The molecule has 3 N–H and O–H groups in total. The van der Waals surface area contributed by atoms with Crippen LogP contribution in [0.1, 0.15) is 0 Å². The van der Waals surface area contributed by atoms with E-state index in [0.29, 0.717) is 5.82 Å². The number of anilines is 1. The van der Waals surface area contributed by atoms with Crippen molar-refractivity contribution in [2.45, 2.75) is 0 Å². The van der Waals surface area contributed by atoms with Gasteiger partial charge in [-0.1, -0.05) is 12.1 Å². The van der Waals surface area contributed by atoms with E-state index < -0.39 is 0 Å². The monoisotopic (exact) mass is 302 g/mol. The van der Waals surface area contributed by atoms with Gasteiger partial charge < -0.3 is 15.2 Å². The highest BCUT2D eigenvalue weighted by Crippen LogP contribution is 2.27. The summed E-state index contributed by atoms with van der Waals surface area (Å²) in [6, 6.07) is 14.9.